The highest BCUT2D eigenvalue weighted by Crippen LogP contribution is 2.32. The maximum Gasteiger partial charge on any atom is 0.0873 e. The van der Waals surface area contributed by atoms with Crippen LogP contribution in [0.1, 0.15) is 34.3 Å². The zero-order chi connectivity index (χ0) is 13.8. The van der Waals surface area contributed by atoms with Crippen LogP contribution in [0.25, 0.3) is 0 Å². The molecule has 0 aliphatic rings. The van der Waals surface area contributed by atoms with E-state index in [-0.39, 0.29) is 5.92 Å². The van der Waals surface area contributed by atoms with E-state index in [0.717, 1.165) is 22.3 Å². The Morgan fingerprint density at radius 1 is 1.16 bits per heavy atom. The van der Waals surface area contributed by atoms with Crippen LogP contribution in [0.2, 0.25) is 0 Å². The van der Waals surface area contributed by atoms with Crippen molar-refractivity contribution in [1.82, 2.24) is 4.98 Å². The predicted octanol–water partition coefficient (Wildman–Crippen LogP) is 2.47. The lowest BCUT2D eigenvalue weighted by Gasteiger charge is -2.24. The highest BCUT2D eigenvalue weighted by atomic mass is 16.3. The fourth-order valence-electron chi connectivity index (χ4n) is 2.35. The Balaban J connectivity index is 2.36. The maximum atomic E-state index is 10.6. The number of hydrogen-bond donors (Lipinski definition) is 2. The molecule has 3 nitrogen and oxygen atoms in total. The lowest BCUT2D eigenvalue weighted by atomic mass is 9.87. The smallest absolute Gasteiger partial charge is 0.0873 e. The largest absolute Gasteiger partial charge is 0.388 e. The fourth-order valence-corrected chi connectivity index (χ4v) is 2.35. The number of rotatable bonds is 4. The van der Waals surface area contributed by atoms with E-state index in [4.69, 9.17) is 5.73 Å². The Morgan fingerprint density at radius 3 is 2.47 bits per heavy atom. The van der Waals surface area contributed by atoms with E-state index in [1.807, 2.05) is 38.1 Å². The molecule has 3 N–H and O–H groups in total. The summed E-state index contributed by atoms with van der Waals surface area (Å²) in [4.78, 5) is 4.00. The number of nitrogens with two attached hydrogens (primary N) is 1. The highest BCUT2D eigenvalue weighted by molar-refractivity contribution is 5.35. The minimum Gasteiger partial charge on any atom is -0.388 e. The summed E-state index contributed by atoms with van der Waals surface area (Å²) < 4.78 is 0. The van der Waals surface area contributed by atoms with E-state index in [9.17, 15) is 5.11 Å². The molecular formula is C16H20N2O. The molecular weight excluding hydrogens is 236 g/mol. The first-order valence-corrected chi connectivity index (χ1v) is 6.48. The lowest BCUT2D eigenvalue weighted by Crippen LogP contribution is -2.21. The van der Waals surface area contributed by atoms with Crippen LogP contribution in [0.4, 0.5) is 0 Å². The molecule has 2 atom stereocenters. The minimum atomic E-state index is -0.590. The third kappa shape index (κ3) is 3.00. The van der Waals surface area contributed by atoms with Crippen LogP contribution in [-0.4, -0.2) is 16.6 Å². The SMILES string of the molecule is Cc1ccc(C)c(C(O)C(CN)c2ccncc2)c1. The standard InChI is InChI=1S/C16H20N2O/c1-11-3-4-12(2)14(9-11)16(19)15(10-17)13-5-7-18-8-6-13/h3-9,15-16,19H,10,17H2,1-2H3. The molecule has 0 fully saturated rings. The molecule has 0 radical (unpaired) electrons. The van der Waals surface area contributed by atoms with Crippen molar-refractivity contribution in [2.24, 2.45) is 5.73 Å². The van der Waals surface area contributed by atoms with Gasteiger partial charge in [-0.1, -0.05) is 23.8 Å². The Bertz CT molecular complexity index is 540. The number of benzene rings is 1. The molecule has 2 unspecified atom stereocenters. The van der Waals surface area contributed by atoms with Gasteiger partial charge in [0.2, 0.25) is 0 Å². The third-order valence-electron chi connectivity index (χ3n) is 3.52. The predicted molar refractivity (Wildman–Crippen MR) is 76.9 cm³/mol. The van der Waals surface area contributed by atoms with E-state index in [2.05, 4.69) is 11.1 Å². The van der Waals surface area contributed by atoms with E-state index < -0.39 is 6.10 Å². The van der Waals surface area contributed by atoms with Crippen LogP contribution in [0.3, 0.4) is 0 Å². The molecule has 100 valence electrons. The average Bonchev–Trinajstić information content (AvgIpc) is 2.43. The van der Waals surface area contributed by atoms with Gasteiger partial charge < -0.3 is 10.8 Å². The van der Waals surface area contributed by atoms with Crippen molar-refractivity contribution in [3.63, 3.8) is 0 Å². The molecule has 0 saturated heterocycles. The molecule has 1 aromatic carbocycles. The molecule has 0 spiro atoms. The molecule has 0 aliphatic heterocycles. The first-order chi connectivity index (χ1) is 9.13. The summed E-state index contributed by atoms with van der Waals surface area (Å²) >= 11 is 0. The van der Waals surface area contributed by atoms with Crippen molar-refractivity contribution in [3.05, 3.63) is 65.0 Å². The summed E-state index contributed by atoms with van der Waals surface area (Å²) in [6.07, 6.45) is 2.87. The minimum absolute atomic E-state index is 0.108. The van der Waals surface area contributed by atoms with Gasteiger partial charge in [-0.2, -0.15) is 0 Å². The number of aliphatic hydroxyl groups excluding tert-OH is 1. The number of pyridine rings is 1. The molecule has 0 amide bonds. The van der Waals surface area contributed by atoms with Gasteiger partial charge >= 0.3 is 0 Å². The molecule has 0 bridgehead atoms. The van der Waals surface area contributed by atoms with Gasteiger partial charge in [0.05, 0.1) is 6.10 Å². The number of nitrogens with zero attached hydrogens (tertiary/aromatic N) is 1. The van der Waals surface area contributed by atoms with E-state index in [1.165, 1.54) is 0 Å². The molecule has 1 aromatic heterocycles. The fraction of sp³-hybridized carbons (Fsp3) is 0.312. The Kier molecular flexibility index (Phi) is 4.30. The molecule has 0 saturated carbocycles. The second-order valence-corrected chi connectivity index (χ2v) is 4.93. The van der Waals surface area contributed by atoms with E-state index in [1.54, 1.807) is 12.4 Å². The van der Waals surface area contributed by atoms with Gasteiger partial charge in [0.25, 0.3) is 0 Å². The highest BCUT2D eigenvalue weighted by Gasteiger charge is 2.22. The van der Waals surface area contributed by atoms with Crippen LogP contribution >= 0.6 is 0 Å². The molecule has 1 heterocycles. The number of hydrogen-bond acceptors (Lipinski definition) is 3. The second-order valence-electron chi connectivity index (χ2n) is 4.93. The first-order valence-electron chi connectivity index (χ1n) is 6.48. The van der Waals surface area contributed by atoms with E-state index >= 15 is 0 Å². The maximum absolute atomic E-state index is 10.6. The summed E-state index contributed by atoms with van der Waals surface area (Å²) in [6.45, 7) is 4.44. The van der Waals surface area contributed by atoms with Crippen LogP contribution in [0.15, 0.2) is 42.7 Å². The third-order valence-corrected chi connectivity index (χ3v) is 3.52. The normalized spacial score (nSPS) is 14.1. The summed E-state index contributed by atoms with van der Waals surface area (Å²) in [5.74, 6) is -0.108. The monoisotopic (exact) mass is 256 g/mol. The van der Waals surface area contributed by atoms with Crippen LogP contribution in [0.5, 0.6) is 0 Å². The Morgan fingerprint density at radius 2 is 1.84 bits per heavy atom. The Labute approximate surface area is 114 Å². The molecule has 3 heteroatoms. The quantitative estimate of drug-likeness (QED) is 0.883. The lowest BCUT2D eigenvalue weighted by molar-refractivity contribution is 0.146. The number of aryl methyl sites for hydroxylation is 2. The molecule has 19 heavy (non-hydrogen) atoms. The van der Waals surface area contributed by atoms with Crippen molar-refractivity contribution in [2.75, 3.05) is 6.54 Å². The Hall–Kier alpha value is -1.71. The molecule has 0 aliphatic carbocycles. The van der Waals surface area contributed by atoms with Crippen molar-refractivity contribution in [3.8, 4) is 0 Å². The van der Waals surface area contributed by atoms with Gasteiger partial charge in [-0.3, -0.25) is 4.98 Å². The summed E-state index contributed by atoms with van der Waals surface area (Å²) in [6, 6.07) is 9.94. The molecule has 2 aromatic rings. The number of aliphatic hydroxyl groups is 1. The van der Waals surface area contributed by atoms with Crippen LogP contribution in [0, 0.1) is 13.8 Å². The average molecular weight is 256 g/mol. The van der Waals surface area contributed by atoms with Crippen LogP contribution in [-0.2, 0) is 0 Å². The van der Waals surface area contributed by atoms with Crippen molar-refractivity contribution < 1.29 is 5.11 Å². The first kappa shape index (κ1) is 13.7. The van der Waals surface area contributed by atoms with Gasteiger partial charge in [-0.05, 0) is 42.7 Å². The second kappa shape index (κ2) is 5.95. The summed E-state index contributed by atoms with van der Waals surface area (Å²) in [5.41, 5.74) is 10.1. The van der Waals surface area contributed by atoms with Crippen LogP contribution < -0.4 is 5.73 Å². The van der Waals surface area contributed by atoms with Gasteiger partial charge in [0.15, 0.2) is 0 Å². The van der Waals surface area contributed by atoms with Crippen molar-refractivity contribution in [1.29, 1.82) is 0 Å². The van der Waals surface area contributed by atoms with E-state index in [0.29, 0.717) is 6.54 Å². The number of aromatic nitrogens is 1. The van der Waals surface area contributed by atoms with Gasteiger partial charge in [0, 0.05) is 24.9 Å². The summed E-state index contributed by atoms with van der Waals surface area (Å²) in [5, 5.41) is 10.6. The molecule has 2 rings (SSSR count). The van der Waals surface area contributed by atoms with Gasteiger partial charge in [-0.25, -0.2) is 0 Å². The van der Waals surface area contributed by atoms with Gasteiger partial charge in [0.1, 0.15) is 0 Å². The van der Waals surface area contributed by atoms with Crippen molar-refractivity contribution in [2.45, 2.75) is 25.9 Å². The van der Waals surface area contributed by atoms with Gasteiger partial charge in [-0.15, -0.1) is 0 Å². The summed E-state index contributed by atoms with van der Waals surface area (Å²) in [7, 11) is 0. The topological polar surface area (TPSA) is 59.1 Å². The zero-order valence-electron chi connectivity index (χ0n) is 11.4. The zero-order valence-corrected chi connectivity index (χ0v) is 11.4. The van der Waals surface area contributed by atoms with Crippen molar-refractivity contribution >= 4 is 0 Å².